The van der Waals surface area contributed by atoms with E-state index in [2.05, 4.69) is 0 Å². The Morgan fingerprint density at radius 1 is 0.938 bits per heavy atom. The molecule has 1 aliphatic rings. The molecule has 0 saturated carbocycles. The molecule has 0 spiro atoms. The van der Waals surface area contributed by atoms with Gasteiger partial charge in [-0.15, -0.1) is 0 Å². The fraction of sp³-hybridized carbons (Fsp3) is 0.500. The van der Waals surface area contributed by atoms with Crippen LogP contribution in [0.1, 0.15) is 38.8 Å². The van der Waals surface area contributed by atoms with Gasteiger partial charge in [0.1, 0.15) is 0 Å². The highest BCUT2D eigenvalue weighted by molar-refractivity contribution is 5.68. The Hall–Kier alpha value is -1.26. The first-order chi connectivity index (χ1) is 7.19. The first-order valence-corrected chi connectivity index (χ1v) is 5.38. The van der Waals surface area contributed by atoms with E-state index in [4.69, 9.17) is 11.5 Å². The van der Waals surface area contributed by atoms with Crippen molar-refractivity contribution in [3.8, 4) is 0 Å². The molecule has 1 aromatic rings. The summed E-state index contributed by atoms with van der Waals surface area (Å²) in [6, 6.07) is 3.73. The Kier molecular flexibility index (Phi) is 2.03. The van der Waals surface area contributed by atoms with Crippen molar-refractivity contribution >= 4 is 11.4 Å². The molecule has 1 aliphatic heterocycles. The minimum atomic E-state index is -0.444. The number of anilines is 2. The fourth-order valence-corrected chi connectivity index (χ4v) is 2.57. The number of hydrogen-bond acceptors (Lipinski definition) is 4. The molecule has 0 saturated heterocycles. The van der Waals surface area contributed by atoms with E-state index < -0.39 is 11.1 Å². The second kappa shape index (κ2) is 2.90. The molecule has 4 nitrogen and oxygen atoms in total. The number of nitrogens with zero attached hydrogens (tertiary/aromatic N) is 1. The van der Waals surface area contributed by atoms with Crippen LogP contribution in [0.4, 0.5) is 11.4 Å². The summed E-state index contributed by atoms with van der Waals surface area (Å²) in [5.74, 6) is 0. The van der Waals surface area contributed by atoms with E-state index in [1.807, 2.05) is 39.8 Å². The van der Waals surface area contributed by atoms with Crippen LogP contribution in [0, 0.1) is 0 Å². The highest BCUT2D eigenvalue weighted by atomic mass is 16.5. The summed E-state index contributed by atoms with van der Waals surface area (Å²) in [6.07, 6.45) is 0. The summed E-state index contributed by atoms with van der Waals surface area (Å²) in [6.45, 7) is 7.87. The largest absolute Gasteiger partial charge is 0.397 e. The van der Waals surface area contributed by atoms with Crippen LogP contribution in [0.2, 0.25) is 0 Å². The van der Waals surface area contributed by atoms with Crippen LogP contribution in [0.25, 0.3) is 0 Å². The number of fused-ring (bicyclic) bond motifs is 1. The topological polar surface area (TPSA) is 75.5 Å². The zero-order valence-corrected chi connectivity index (χ0v) is 10.2. The Morgan fingerprint density at radius 3 is 1.56 bits per heavy atom. The van der Waals surface area contributed by atoms with E-state index in [0.717, 1.165) is 11.1 Å². The number of nitrogens with two attached hydrogens (primary N) is 2. The van der Waals surface area contributed by atoms with E-state index in [1.165, 1.54) is 5.06 Å². The van der Waals surface area contributed by atoms with Gasteiger partial charge in [-0.25, -0.2) is 0 Å². The standard InChI is InChI=1S/C12H19N3O/c1-11(2)7-5-9(13)10(14)6-8(7)12(3,4)15(11)16/h5-6,16H,13-14H2,1-4H3. The van der Waals surface area contributed by atoms with Gasteiger partial charge in [0, 0.05) is 0 Å². The van der Waals surface area contributed by atoms with Crippen molar-refractivity contribution in [2.45, 2.75) is 38.8 Å². The van der Waals surface area contributed by atoms with Crippen molar-refractivity contribution in [2.75, 3.05) is 11.5 Å². The minimum absolute atomic E-state index is 0.444. The van der Waals surface area contributed by atoms with Crippen molar-refractivity contribution < 1.29 is 5.21 Å². The van der Waals surface area contributed by atoms with Crippen molar-refractivity contribution in [3.05, 3.63) is 23.3 Å². The zero-order valence-electron chi connectivity index (χ0n) is 10.2. The maximum atomic E-state index is 10.2. The number of rotatable bonds is 0. The van der Waals surface area contributed by atoms with Crippen molar-refractivity contribution in [1.29, 1.82) is 0 Å². The summed E-state index contributed by atoms with van der Waals surface area (Å²) in [4.78, 5) is 0. The molecule has 0 atom stereocenters. The highest BCUT2D eigenvalue weighted by Crippen LogP contribution is 2.49. The van der Waals surface area contributed by atoms with Gasteiger partial charge in [0.15, 0.2) is 0 Å². The lowest BCUT2D eigenvalue weighted by Crippen LogP contribution is -2.42. The molecule has 0 aromatic heterocycles. The number of nitrogen functional groups attached to an aromatic ring is 2. The third kappa shape index (κ3) is 1.17. The average molecular weight is 221 g/mol. The van der Waals surface area contributed by atoms with Crippen LogP contribution in [-0.2, 0) is 11.1 Å². The van der Waals surface area contributed by atoms with Crippen molar-refractivity contribution in [1.82, 2.24) is 5.06 Å². The van der Waals surface area contributed by atoms with E-state index in [-0.39, 0.29) is 0 Å². The highest BCUT2D eigenvalue weighted by Gasteiger charge is 2.49. The third-order valence-corrected chi connectivity index (χ3v) is 3.60. The lowest BCUT2D eigenvalue weighted by Gasteiger charge is -2.34. The number of benzene rings is 1. The second-order valence-electron chi connectivity index (χ2n) is 5.46. The average Bonchev–Trinajstić information content (AvgIpc) is 2.29. The molecule has 4 heteroatoms. The molecule has 0 aliphatic carbocycles. The molecule has 88 valence electrons. The molecule has 16 heavy (non-hydrogen) atoms. The maximum absolute atomic E-state index is 10.2. The summed E-state index contributed by atoms with van der Waals surface area (Å²) < 4.78 is 0. The Balaban J connectivity index is 2.75. The summed E-state index contributed by atoms with van der Waals surface area (Å²) >= 11 is 0. The Bertz CT molecular complexity index is 411. The summed E-state index contributed by atoms with van der Waals surface area (Å²) in [5.41, 5.74) is 14.0. The molecule has 5 N–H and O–H groups in total. The lowest BCUT2D eigenvalue weighted by atomic mass is 9.89. The van der Waals surface area contributed by atoms with Crippen LogP contribution in [0.15, 0.2) is 12.1 Å². The van der Waals surface area contributed by atoms with Gasteiger partial charge in [-0.1, -0.05) is 0 Å². The molecule has 1 aromatic carbocycles. The molecule has 0 bridgehead atoms. The van der Waals surface area contributed by atoms with Crippen LogP contribution >= 0.6 is 0 Å². The van der Waals surface area contributed by atoms with Gasteiger partial charge in [0.2, 0.25) is 0 Å². The normalized spacial score (nSPS) is 22.1. The number of hydrogen-bond donors (Lipinski definition) is 3. The van der Waals surface area contributed by atoms with Gasteiger partial charge < -0.3 is 16.7 Å². The minimum Gasteiger partial charge on any atom is -0.397 e. The van der Waals surface area contributed by atoms with E-state index >= 15 is 0 Å². The lowest BCUT2D eigenvalue weighted by molar-refractivity contribution is -0.216. The molecule has 2 rings (SSSR count). The van der Waals surface area contributed by atoms with E-state index in [0.29, 0.717) is 11.4 Å². The fourth-order valence-electron chi connectivity index (χ4n) is 2.57. The van der Waals surface area contributed by atoms with E-state index in [1.54, 1.807) is 0 Å². The summed E-state index contributed by atoms with van der Waals surface area (Å²) in [5, 5.41) is 11.6. The van der Waals surface area contributed by atoms with Gasteiger partial charge >= 0.3 is 0 Å². The quantitative estimate of drug-likeness (QED) is 0.586. The third-order valence-electron chi connectivity index (χ3n) is 3.60. The van der Waals surface area contributed by atoms with E-state index in [9.17, 15) is 5.21 Å². The SMILES string of the molecule is CC1(C)c2cc(N)c(N)cc2C(C)(C)N1O. The molecular weight excluding hydrogens is 202 g/mol. The smallest absolute Gasteiger partial charge is 0.0666 e. The van der Waals surface area contributed by atoms with Gasteiger partial charge in [0.05, 0.1) is 22.5 Å². The first-order valence-electron chi connectivity index (χ1n) is 5.38. The van der Waals surface area contributed by atoms with Crippen LogP contribution in [0.5, 0.6) is 0 Å². The first kappa shape index (κ1) is 11.2. The predicted octanol–water partition coefficient (Wildman–Crippen LogP) is 2.03. The van der Waals surface area contributed by atoms with Gasteiger partial charge in [-0.2, -0.15) is 5.06 Å². The predicted molar refractivity (Wildman–Crippen MR) is 64.9 cm³/mol. The summed E-state index contributed by atoms with van der Waals surface area (Å²) in [7, 11) is 0. The van der Waals surface area contributed by atoms with Gasteiger partial charge in [-0.3, -0.25) is 0 Å². The molecule has 1 heterocycles. The second-order valence-corrected chi connectivity index (χ2v) is 5.46. The molecule has 0 amide bonds. The van der Waals surface area contributed by atoms with Crippen LogP contribution in [-0.4, -0.2) is 10.3 Å². The Morgan fingerprint density at radius 2 is 1.25 bits per heavy atom. The van der Waals surface area contributed by atoms with Gasteiger partial charge in [0.25, 0.3) is 0 Å². The molecule has 0 fully saturated rings. The van der Waals surface area contributed by atoms with Gasteiger partial charge in [-0.05, 0) is 51.0 Å². The molecular formula is C12H19N3O. The van der Waals surface area contributed by atoms with Crippen LogP contribution < -0.4 is 11.5 Å². The molecule has 0 radical (unpaired) electrons. The van der Waals surface area contributed by atoms with Crippen molar-refractivity contribution in [3.63, 3.8) is 0 Å². The van der Waals surface area contributed by atoms with Crippen molar-refractivity contribution in [2.24, 2.45) is 0 Å². The number of hydroxylamine groups is 2. The van der Waals surface area contributed by atoms with Crippen LogP contribution in [0.3, 0.4) is 0 Å². The maximum Gasteiger partial charge on any atom is 0.0666 e. The molecule has 0 unspecified atom stereocenters. The Labute approximate surface area is 95.8 Å². The monoisotopic (exact) mass is 221 g/mol. The zero-order chi connectivity index (χ0) is 12.3.